The molecule has 0 aliphatic carbocycles. The highest BCUT2D eigenvalue weighted by molar-refractivity contribution is 5.92. The Hall–Kier alpha value is -3.37. The summed E-state index contributed by atoms with van der Waals surface area (Å²) in [6, 6.07) is 9.08. The van der Waals surface area contributed by atoms with E-state index in [1.54, 1.807) is 24.4 Å². The minimum atomic E-state index is -2.91. The van der Waals surface area contributed by atoms with Crippen LogP contribution < -0.4 is 10.3 Å². The van der Waals surface area contributed by atoms with E-state index in [1.165, 1.54) is 22.8 Å². The molecule has 4 rings (SSSR count). The van der Waals surface area contributed by atoms with Gasteiger partial charge < -0.3 is 14.6 Å². The molecule has 1 saturated heterocycles. The van der Waals surface area contributed by atoms with Crippen molar-refractivity contribution >= 4 is 17.0 Å². The average Bonchev–Trinajstić information content (AvgIpc) is 2.78. The topological polar surface area (TPSA) is 93.9 Å². The molecule has 32 heavy (non-hydrogen) atoms. The van der Waals surface area contributed by atoms with E-state index >= 15 is 0 Å². The number of morpholine rings is 1. The molecule has 0 bridgehead atoms. The molecule has 2 aromatic heterocycles. The van der Waals surface area contributed by atoms with Crippen LogP contribution in [-0.4, -0.2) is 65.0 Å². The Bertz CT molecular complexity index is 1170. The number of halogens is 2. The van der Waals surface area contributed by atoms with Gasteiger partial charge in [0.1, 0.15) is 17.0 Å². The number of carboxylic acid groups (broad SMARTS) is 1. The predicted molar refractivity (Wildman–Crippen MR) is 112 cm³/mol. The standard InChI is InChI=1S/C22H21F2N3O5/c23-22(24)32-17-3-1-14(2-4-17)16-11-15-12-18(21(29)30)20(28)27(19(15)25-13-16)6-5-26-7-9-31-10-8-26/h1-4,11-13,22H,5-10H2,(H,29,30). The molecule has 0 atom stereocenters. The van der Waals surface area contributed by atoms with Gasteiger partial charge in [-0.25, -0.2) is 9.78 Å². The summed E-state index contributed by atoms with van der Waals surface area (Å²) in [5.41, 5.74) is 0.778. The number of carboxylic acids is 1. The number of fused-ring (bicyclic) bond motifs is 1. The Labute approximate surface area is 181 Å². The first-order valence-corrected chi connectivity index (χ1v) is 10.0. The van der Waals surface area contributed by atoms with Gasteiger partial charge in [-0.15, -0.1) is 0 Å². The zero-order valence-corrected chi connectivity index (χ0v) is 17.0. The van der Waals surface area contributed by atoms with E-state index in [9.17, 15) is 23.5 Å². The van der Waals surface area contributed by atoms with Crippen molar-refractivity contribution in [3.63, 3.8) is 0 Å². The Kier molecular flexibility index (Phi) is 6.42. The van der Waals surface area contributed by atoms with E-state index in [-0.39, 0.29) is 11.3 Å². The largest absolute Gasteiger partial charge is 0.477 e. The maximum atomic E-state index is 12.8. The van der Waals surface area contributed by atoms with Gasteiger partial charge in [0.2, 0.25) is 0 Å². The Balaban J connectivity index is 1.69. The number of hydrogen-bond acceptors (Lipinski definition) is 6. The lowest BCUT2D eigenvalue weighted by atomic mass is 10.1. The van der Waals surface area contributed by atoms with Crippen molar-refractivity contribution in [1.29, 1.82) is 0 Å². The smallest absolute Gasteiger partial charge is 0.387 e. The number of hydrogen-bond donors (Lipinski definition) is 1. The molecular formula is C22H21F2N3O5. The van der Waals surface area contributed by atoms with Crippen LogP contribution in [-0.2, 0) is 11.3 Å². The number of pyridine rings is 2. The minimum absolute atomic E-state index is 0.0302. The van der Waals surface area contributed by atoms with Gasteiger partial charge >= 0.3 is 12.6 Å². The van der Waals surface area contributed by atoms with Crippen molar-refractivity contribution in [2.75, 3.05) is 32.8 Å². The molecule has 3 heterocycles. The van der Waals surface area contributed by atoms with Crippen LogP contribution in [0.4, 0.5) is 8.78 Å². The third-order valence-corrected chi connectivity index (χ3v) is 5.31. The van der Waals surface area contributed by atoms with Crippen molar-refractivity contribution < 1.29 is 28.2 Å². The molecule has 0 radical (unpaired) electrons. The molecule has 8 nitrogen and oxygen atoms in total. The highest BCUT2D eigenvalue weighted by atomic mass is 19.3. The molecular weight excluding hydrogens is 424 g/mol. The Morgan fingerprint density at radius 1 is 1.12 bits per heavy atom. The number of alkyl halides is 2. The average molecular weight is 445 g/mol. The second-order valence-corrected chi connectivity index (χ2v) is 7.31. The summed E-state index contributed by atoms with van der Waals surface area (Å²) in [6.07, 6.45) is 1.57. The molecule has 1 aliphatic rings. The zero-order valence-electron chi connectivity index (χ0n) is 17.0. The van der Waals surface area contributed by atoms with Crippen molar-refractivity contribution in [2.24, 2.45) is 0 Å². The first kappa shape index (κ1) is 21.8. The first-order chi connectivity index (χ1) is 15.4. The third kappa shape index (κ3) is 4.76. The highest BCUT2D eigenvalue weighted by Gasteiger charge is 2.18. The molecule has 10 heteroatoms. The number of ether oxygens (including phenoxy) is 2. The number of aromatic carboxylic acids is 1. The molecule has 1 N–H and O–H groups in total. The lowest BCUT2D eigenvalue weighted by Gasteiger charge is -2.26. The van der Waals surface area contributed by atoms with E-state index in [4.69, 9.17) is 4.74 Å². The summed E-state index contributed by atoms with van der Waals surface area (Å²) in [5, 5.41) is 10.0. The van der Waals surface area contributed by atoms with Crippen molar-refractivity contribution in [1.82, 2.24) is 14.5 Å². The Morgan fingerprint density at radius 2 is 1.84 bits per heavy atom. The van der Waals surface area contributed by atoms with E-state index < -0.39 is 18.1 Å². The van der Waals surface area contributed by atoms with Crippen molar-refractivity contribution in [2.45, 2.75) is 13.2 Å². The van der Waals surface area contributed by atoms with Gasteiger partial charge in [-0.1, -0.05) is 12.1 Å². The maximum absolute atomic E-state index is 12.8. The van der Waals surface area contributed by atoms with Crippen LogP contribution in [0.25, 0.3) is 22.2 Å². The highest BCUT2D eigenvalue weighted by Crippen LogP contribution is 2.25. The van der Waals surface area contributed by atoms with Gasteiger partial charge in [0, 0.05) is 43.3 Å². The van der Waals surface area contributed by atoms with Crippen LogP contribution in [0, 0.1) is 0 Å². The zero-order chi connectivity index (χ0) is 22.7. The fraction of sp³-hybridized carbons (Fsp3) is 0.318. The number of rotatable bonds is 7. The van der Waals surface area contributed by atoms with Gasteiger partial charge in [0.15, 0.2) is 0 Å². The molecule has 0 amide bonds. The summed E-state index contributed by atoms with van der Waals surface area (Å²) in [6.45, 7) is 0.675. The number of benzene rings is 1. The SMILES string of the molecule is O=C(O)c1cc2cc(-c3ccc(OC(F)F)cc3)cnc2n(CCN2CCOCC2)c1=O. The van der Waals surface area contributed by atoms with Crippen molar-refractivity contribution in [3.05, 3.63) is 58.5 Å². The van der Waals surface area contributed by atoms with E-state index in [0.717, 1.165) is 13.1 Å². The van der Waals surface area contributed by atoms with Crippen LogP contribution in [0.1, 0.15) is 10.4 Å². The first-order valence-electron chi connectivity index (χ1n) is 10.0. The molecule has 1 aliphatic heterocycles. The van der Waals surface area contributed by atoms with E-state index in [0.29, 0.717) is 48.5 Å². The van der Waals surface area contributed by atoms with E-state index in [1.807, 2.05) is 0 Å². The number of aromatic nitrogens is 2. The molecule has 1 fully saturated rings. The van der Waals surface area contributed by atoms with Crippen LogP contribution in [0.5, 0.6) is 5.75 Å². The van der Waals surface area contributed by atoms with Gasteiger partial charge in [0.05, 0.1) is 13.2 Å². The van der Waals surface area contributed by atoms with Crippen LogP contribution in [0.2, 0.25) is 0 Å². The lowest BCUT2D eigenvalue weighted by molar-refractivity contribution is -0.0498. The summed E-state index contributed by atoms with van der Waals surface area (Å²) in [5.74, 6) is -1.28. The fourth-order valence-corrected chi connectivity index (χ4v) is 3.68. The summed E-state index contributed by atoms with van der Waals surface area (Å²) in [7, 11) is 0. The second-order valence-electron chi connectivity index (χ2n) is 7.31. The summed E-state index contributed by atoms with van der Waals surface area (Å²) < 4.78 is 35.8. The molecule has 168 valence electrons. The van der Waals surface area contributed by atoms with Crippen LogP contribution in [0.15, 0.2) is 47.4 Å². The van der Waals surface area contributed by atoms with Crippen LogP contribution in [0.3, 0.4) is 0 Å². The van der Waals surface area contributed by atoms with Gasteiger partial charge in [-0.2, -0.15) is 8.78 Å². The molecule has 0 spiro atoms. The van der Waals surface area contributed by atoms with Gasteiger partial charge in [-0.05, 0) is 29.8 Å². The lowest BCUT2D eigenvalue weighted by Crippen LogP contribution is -2.39. The monoisotopic (exact) mass is 445 g/mol. The summed E-state index contributed by atoms with van der Waals surface area (Å²) in [4.78, 5) is 31.0. The number of carbonyl (C=O) groups is 1. The summed E-state index contributed by atoms with van der Waals surface area (Å²) >= 11 is 0. The number of nitrogens with zero attached hydrogens (tertiary/aromatic N) is 3. The Morgan fingerprint density at radius 3 is 2.50 bits per heavy atom. The van der Waals surface area contributed by atoms with Crippen LogP contribution >= 0.6 is 0 Å². The fourth-order valence-electron chi connectivity index (χ4n) is 3.68. The molecule has 0 saturated carbocycles. The van der Waals surface area contributed by atoms with E-state index in [2.05, 4.69) is 14.6 Å². The minimum Gasteiger partial charge on any atom is -0.477 e. The van der Waals surface area contributed by atoms with Crippen molar-refractivity contribution in [3.8, 4) is 16.9 Å². The third-order valence-electron chi connectivity index (χ3n) is 5.31. The molecule has 0 unspecified atom stereocenters. The second kappa shape index (κ2) is 9.41. The molecule has 1 aromatic carbocycles. The molecule has 3 aromatic rings. The van der Waals surface area contributed by atoms with Gasteiger partial charge in [-0.3, -0.25) is 14.3 Å². The maximum Gasteiger partial charge on any atom is 0.387 e. The predicted octanol–water partition coefficient (Wildman–Crippen LogP) is 2.70. The normalized spacial score (nSPS) is 14.7. The van der Waals surface area contributed by atoms with Gasteiger partial charge in [0.25, 0.3) is 5.56 Å². The quantitative estimate of drug-likeness (QED) is 0.598.